The van der Waals surface area contributed by atoms with E-state index in [1.807, 2.05) is 22.8 Å². The lowest BCUT2D eigenvalue weighted by atomic mass is 10.1. The molecular formula is C22H30N6O3. The molecule has 0 unspecified atom stereocenters. The summed E-state index contributed by atoms with van der Waals surface area (Å²) in [4.78, 5) is 8.85. The summed E-state index contributed by atoms with van der Waals surface area (Å²) in [5.41, 5.74) is 8.82. The number of hydrogen-bond acceptors (Lipinski definition) is 8. The summed E-state index contributed by atoms with van der Waals surface area (Å²) in [5, 5.41) is 23.3. The van der Waals surface area contributed by atoms with E-state index in [0.29, 0.717) is 23.8 Å². The lowest BCUT2D eigenvalue weighted by Crippen LogP contribution is -2.47. The van der Waals surface area contributed by atoms with Crippen molar-refractivity contribution in [1.29, 1.82) is 0 Å². The van der Waals surface area contributed by atoms with Gasteiger partial charge in [-0.05, 0) is 31.2 Å². The Kier molecular flexibility index (Phi) is 6.67. The molecule has 9 nitrogen and oxygen atoms in total. The van der Waals surface area contributed by atoms with Crippen LogP contribution in [0.5, 0.6) is 0 Å². The lowest BCUT2D eigenvalue weighted by molar-refractivity contribution is 0.182. The number of aromatic nitrogens is 3. The molecule has 0 aliphatic carbocycles. The highest BCUT2D eigenvalue weighted by molar-refractivity contribution is 5.62. The second-order valence-corrected chi connectivity index (χ2v) is 7.84. The molecule has 31 heavy (non-hydrogen) atoms. The van der Waals surface area contributed by atoms with Crippen molar-refractivity contribution >= 4 is 5.69 Å². The summed E-state index contributed by atoms with van der Waals surface area (Å²) in [5.74, 6) is 1.22. The van der Waals surface area contributed by atoms with Gasteiger partial charge in [-0.15, -0.1) is 0 Å². The van der Waals surface area contributed by atoms with Gasteiger partial charge in [0.2, 0.25) is 0 Å². The minimum atomic E-state index is -0.700. The standard InChI is InChI=1S/C22H30N6O3/c1-16(30)22-24-6-7-28(22)20(15-23)19-14-21(31-25-19)17-2-4-18(5-3-17)27-10-8-26(9-11-27)12-13-29/h2-7,14,16,20,29-30H,8-13,15,23H2,1H3/t16-,20+/m0/s1. The van der Waals surface area contributed by atoms with Crippen molar-refractivity contribution in [3.05, 3.63) is 54.2 Å². The van der Waals surface area contributed by atoms with Gasteiger partial charge in [0, 0.05) is 69.0 Å². The molecule has 1 saturated heterocycles. The Morgan fingerprint density at radius 3 is 2.55 bits per heavy atom. The lowest BCUT2D eigenvalue weighted by Gasteiger charge is -2.35. The zero-order valence-corrected chi connectivity index (χ0v) is 17.8. The summed E-state index contributed by atoms with van der Waals surface area (Å²) in [6, 6.07) is 9.90. The fourth-order valence-corrected chi connectivity index (χ4v) is 4.08. The number of nitrogens with two attached hydrogens (primary N) is 1. The maximum atomic E-state index is 9.96. The number of nitrogens with zero attached hydrogens (tertiary/aromatic N) is 5. The van der Waals surface area contributed by atoms with Crippen LogP contribution >= 0.6 is 0 Å². The second-order valence-electron chi connectivity index (χ2n) is 7.84. The van der Waals surface area contributed by atoms with Crippen LogP contribution in [0.4, 0.5) is 5.69 Å². The highest BCUT2D eigenvalue weighted by atomic mass is 16.5. The average molecular weight is 427 g/mol. The van der Waals surface area contributed by atoms with Crippen LogP contribution in [0.3, 0.4) is 0 Å². The van der Waals surface area contributed by atoms with Crippen LogP contribution in [0.1, 0.15) is 30.6 Å². The number of β-amino-alcohol motifs (C(OH)–C–C–N with tert-alkyl or cyclic N) is 1. The highest BCUT2D eigenvalue weighted by Crippen LogP contribution is 2.28. The molecule has 0 amide bonds. The number of imidazole rings is 1. The van der Waals surface area contributed by atoms with Crippen molar-refractivity contribution in [2.24, 2.45) is 5.73 Å². The predicted octanol–water partition coefficient (Wildman–Crippen LogP) is 1.25. The molecule has 1 aliphatic rings. The minimum absolute atomic E-state index is 0.208. The van der Waals surface area contributed by atoms with Gasteiger partial charge >= 0.3 is 0 Å². The fourth-order valence-electron chi connectivity index (χ4n) is 4.08. The summed E-state index contributed by atoms with van der Waals surface area (Å²) in [6.45, 7) is 6.73. The number of aliphatic hydroxyl groups excluding tert-OH is 2. The molecule has 2 aromatic heterocycles. The third kappa shape index (κ3) is 4.64. The highest BCUT2D eigenvalue weighted by Gasteiger charge is 2.22. The Hall–Kier alpha value is -2.72. The molecular weight excluding hydrogens is 396 g/mol. The Balaban J connectivity index is 1.47. The van der Waals surface area contributed by atoms with Crippen LogP contribution < -0.4 is 10.6 Å². The van der Waals surface area contributed by atoms with Gasteiger partial charge in [-0.1, -0.05) is 5.16 Å². The Morgan fingerprint density at radius 2 is 1.90 bits per heavy atom. The molecule has 1 fully saturated rings. The number of benzene rings is 1. The summed E-state index contributed by atoms with van der Waals surface area (Å²) < 4.78 is 7.45. The first-order valence-electron chi connectivity index (χ1n) is 10.7. The first-order valence-corrected chi connectivity index (χ1v) is 10.7. The van der Waals surface area contributed by atoms with Gasteiger partial charge in [-0.3, -0.25) is 4.90 Å². The Bertz CT molecular complexity index is 960. The molecule has 0 spiro atoms. The molecule has 166 valence electrons. The van der Waals surface area contributed by atoms with Crippen molar-refractivity contribution < 1.29 is 14.7 Å². The zero-order valence-electron chi connectivity index (χ0n) is 17.8. The number of anilines is 1. The average Bonchev–Trinajstić information content (AvgIpc) is 3.46. The summed E-state index contributed by atoms with van der Waals surface area (Å²) in [7, 11) is 0. The second kappa shape index (κ2) is 9.61. The molecule has 4 N–H and O–H groups in total. The maximum Gasteiger partial charge on any atom is 0.167 e. The normalized spacial score (nSPS) is 17.1. The largest absolute Gasteiger partial charge is 0.395 e. The summed E-state index contributed by atoms with van der Waals surface area (Å²) >= 11 is 0. The quantitative estimate of drug-likeness (QED) is 0.493. The maximum absolute atomic E-state index is 9.96. The van der Waals surface area contributed by atoms with E-state index >= 15 is 0 Å². The van der Waals surface area contributed by atoms with Crippen LogP contribution in [0.2, 0.25) is 0 Å². The van der Waals surface area contributed by atoms with Crippen molar-refractivity contribution in [1.82, 2.24) is 19.6 Å². The predicted molar refractivity (Wildman–Crippen MR) is 118 cm³/mol. The van der Waals surface area contributed by atoms with Gasteiger partial charge < -0.3 is 29.9 Å². The van der Waals surface area contributed by atoms with Gasteiger partial charge in [0.15, 0.2) is 5.76 Å². The monoisotopic (exact) mass is 426 g/mol. The van der Waals surface area contributed by atoms with Gasteiger partial charge in [-0.2, -0.15) is 0 Å². The van der Waals surface area contributed by atoms with Crippen LogP contribution in [0.15, 0.2) is 47.2 Å². The number of piperazine rings is 1. The van der Waals surface area contributed by atoms with Crippen LogP contribution in [-0.4, -0.2) is 75.7 Å². The first-order chi connectivity index (χ1) is 15.1. The van der Waals surface area contributed by atoms with E-state index in [1.54, 1.807) is 19.3 Å². The van der Waals surface area contributed by atoms with Crippen molar-refractivity contribution in [2.45, 2.75) is 19.1 Å². The molecule has 0 bridgehead atoms. The van der Waals surface area contributed by atoms with E-state index in [9.17, 15) is 5.11 Å². The molecule has 1 aliphatic heterocycles. The molecule has 9 heteroatoms. The topological polar surface area (TPSA) is 117 Å². The first kappa shape index (κ1) is 21.5. The van der Waals surface area contributed by atoms with Gasteiger partial charge in [-0.25, -0.2) is 4.98 Å². The van der Waals surface area contributed by atoms with Gasteiger partial charge in [0.1, 0.15) is 17.6 Å². The number of aliphatic hydroxyl groups is 2. The number of rotatable bonds is 8. The zero-order chi connectivity index (χ0) is 21.8. The summed E-state index contributed by atoms with van der Waals surface area (Å²) in [6.07, 6.45) is 2.74. The van der Waals surface area contributed by atoms with Gasteiger partial charge in [0.25, 0.3) is 0 Å². The molecule has 3 aromatic rings. The van der Waals surface area contributed by atoms with E-state index in [2.05, 4.69) is 32.1 Å². The Labute approximate surface area is 181 Å². The molecule has 3 heterocycles. The third-order valence-electron chi connectivity index (χ3n) is 5.81. The third-order valence-corrected chi connectivity index (χ3v) is 5.81. The molecule has 2 atom stereocenters. The van der Waals surface area contributed by atoms with E-state index < -0.39 is 6.10 Å². The molecule has 4 rings (SSSR count). The van der Waals surface area contributed by atoms with Crippen LogP contribution in [0.25, 0.3) is 11.3 Å². The molecule has 1 aromatic carbocycles. The van der Waals surface area contributed by atoms with Crippen molar-refractivity contribution in [2.75, 3.05) is 50.8 Å². The van der Waals surface area contributed by atoms with Crippen molar-refractivity contribution in [3.8, 4) is 11.3 Å². The SMILES string of the molecule is C[C@H](O)c1nccn1[C@H](CN)c1cc(-c2ccc(N3CCN(CCO)CC3)cc2)on1. The number of hydrogen-bond donors (Lipinski definition) is 3. The van der Waals surface area contributed by atoms with Gasteiger partial charge in [0.05, 0.1) is 12.6 Å². The van der Waals surface area contributed by atoms with E-state index in [0.717, 1.165) is 38.3 Å². The smallest absolute Gasteiger partial charge is 0.167 e. The fraction of sp³-hybridized carbons (Fsp3) is 0.455. The van der Waals surface area contributed by atoms with Crippen LogP contribution in [-0.2, 0) is 0 Å². The van der Waals surface area contributed by atoms with E-state index in [-0.39, 0.29) is 12.6 Å². The van der Waals surface area contributed by atoms with Crippen LogP contribution in [0, 0.1) is 0 Å². The van der Waals surface area contributed by atoms with E-state index in [1.165, 1.54) is 5.69 Å². The Morgan fingerprint density at radius 1 is 1.16 bits per heavy atom. The molecule has 0 radical (unpaired) electrons. The minimum Gasteiger partial charge on any atom is -0.395 e. The molecule has 0 saturated carbocycles. The van der Waals surface area contributed by atoms with E-state index in [4.69, 9.17) is 15.4 Å². The van der Waals surface area contributed by atoms with Crippen molar-refractivity contribution in [3.63, 3.8) is 0 Å².